The first kappa shape index (κ1) is 13.7. The monoisotopic (exact) mass is 261 g/mol. The largest absolute Gasteiger partial charge is 0.469 e. The molecule has 0 aliphatic rings. The molecule has 0 atom stereocenters. The predicted molar refractivity (Wildman–Crippen MR) is 56.0 cm³/mol. The van der Waals surface area contributed by atoms with E-state index in [0.29, 0.717) is 0 Å². The number of pyridine rings is 1. The van der Waals surface area contributed by atoms with E-state index in [0.717, 1.165) is 13.3 Å². The van der Waals surface area contributed by atoms with E-state index in [4.69, 9.17) is 5.73 Å². The van der Waals surface area contributed by atoms with Crippen LogP contribution in [0.4, 0.5) is 20.2 Å². The smallest absolute Gasteiger partial charge is 0.310 e. The van der Waals surface area contributed by atoms with Gasteiger partial charge < -0.3 is 10.5 Å². The number of nitrogens with two attached hydrogens (primary N) is 1. The lowest BCUT2D eigenvalue weighted by Gasteiger charge is -2.07. The molecule has 1 aromatic rings. The summed E-state index contributed by atoms with van der Waals surface area (Å²) in [5.41, 5.74) is 2.73. The molecule has 1 heterocycles. The molecule has 0 aliphatic heterocycles. The number of anilines is 1. The second-order valence-electron chi connectivity index (χ2n) is 3.24. The molecule has 0 fully saturated rings. The standard InChI is InChI=1S/C9H9F2N3O4/c1-18-5(15)2-4-3-13-7(9(10)11)6(12)8(4)14(16)17/h3,9H,2,12H2,1H3. The van der Waals surface area contributed by atoms with Crippen LogP contribution in [0.1, 0.15) is 17.7 Å². The summed E-state index contributed by atoms with van der Waals surface area (Å²) in [7, 11) is 1.10. The Morgan fingerprint density at radius 3 is 2.72 bits per heavy atom. The molecule has 0 amide bonds. The molecule has 1 aromatic heterocycles. The van der Waals surface area contributed by atoms with Gasteiger partial charge in [-0.2, -0.15) is 0 Å². The Labute approximate surface area is 99.7 Å². The van der Waals surface area contributed by atoms with Gasteiger partial charge in [-0.15, -0.1) is 0 Å². The maximum Gasteiger partial charge on any atom is 0.310 e. The average molecular weight is 261 g/mol. The fourth-order valence-corrected chi connectivity index (χ4v) is 1.32. The zero-order valence-electron chi connectivity index (χ0n) is 9.22. The van der Waals surface area contributed by atoms with E-state index in [1.54, 1.807) is 0 Å². The molecule has 0 unspecified atom stereocenters. The van der Waals surface area contributed by atoms with Gasteiger partial charge in [0.15, 0.2) is 0 Å². The Kier molecular flexibility index (Phi) is 4.08. The van der Waals surface area contributed by atoms with Crippen molar-refractivity contribution >= 4 is 17.3 Å². The summed E-state index contributed by atoms with van der Waals surface area (Å²) in [6, 6.07) is 0. The number of alkyl halides is 2. The number of nitrogens with zero attached hydrogens (tertiary/aromatic N) is 2. The first-order valence-electron chi connectivity index (χ1n) is 4.65. The van der Waals surface area contributed by atoms with Gasteiger partial charge in [0.05, 0.1) is 24.0 Å². The van der Waals surface area contributed by atoms with E-state index >= 15 is 0 Å². The van der Waals surface area contributed by atoms with Crippen molar-refractivity contribution in [1.29, 1.82) is 0 Å². The fourth-order valence-electron chi connectivity index (χ4n) is 1.32. The summed E-state index contributed by atoms with van der Waals surface area (Å²) in [6.07, 6.45) is -2.67. The molecular formula is C9H9F2N3O4. The van der Waals surface area contributed by atoms with Crippen LogP contribution in [-0.2, 0) is 16.0 Å². The van der Waals surface area contributed by atoms with E-state index in [-0.39, 0.29) is 5.56 Å². The number of nitro groups is 1. The second kappa shape index (κ2) is 5.34. The first-order chi connectivity index (χ1) is 8.38. The lowest BCUT2D eigenvalue weighted by atomic mass is 10.1. The van der Waals surface area contributed by atoms with Crippen LogP contribution in [0.3, 0.4) is 0 Å². The highest BCUT2D eigenvalue weighted by Gasteiger charge is 2.27. The highest BCUT2D eigenvalue weighted by molar-refractivity contribution is 5.76. The molecular weight excluding hydrogens is 252 g/mol. The van der Waals surface area contributed by atoms with Crippen molar-refractivity contribution in [1.82, 2.24) is 4.98 Å². The number of rotatable bonds is 4. The van der Waals surface area contributed by atoms with Crippen LogP contribution >= 0.6 is 0 Å². The molecule has 0 saturated heterocycles. The molecule has 0 saturated carbocycles. The Bertz CT molecular complexity index is 493. The normalized spacial score (nSPS) is 10.4. The Hall–Kier alpha value is -2.32. The van der Waals surface area contributed by atoms with Crippen LogP contribution in [0.5, 0.6) is 0 Å². The number of methoxy groups -OCH3 is 1. The van der Waals surface area contributed by atoms with Gasteiger partial charge in [-0.05, 0) is 0 Å². The number of hydrogen-bond acceptors (Lipinski definition) is 6. The van der Waals surface area contributed by atoms with Gasteiger partial charge in [-0.25, -0.2) is 8.78 Å². The molecule has 2 N–H and O–H groups in total. The van der Waals surface area contributed by atoms with Crippen molar-refractivity contribution in [3.8, 4) is 0 Å². The summed E-state index contributed by atoms with van der Waals surface area (Å²) < 4.78 is 29.3. The predicted octanol–water partition coefficient (Wildman–Crippen LogP) is 1.23. The molecule has 18 heavy (non-hydrogen) atoms. The van der Waals surface area contributed by atoms with Crippen molar-refractivity contribution < 1.29 is 23.2 Å². The molecule has 0 spiro atoms. The zero-order chi connectivity index (χ0) is 13.9. The highest BCUT2D eigenvalue weighted by atomic mass is 19.3. The molecule has 0 aromatic carbocycles. The molecule has 9 heteroatoms. The fraction of sp³-hybridized carbons (Fsp3) is 0.333. The van der Waals surface area contributed by atoms with Crippen LogP contribution in [-0.4, -0.2) is 23.0 Å². The zero-order valence-corrected chi connectivity index (χ0v) is 9.22. The van der Waals surface area contributed by atoms with Gasteiger partial charge in [0.1, 0.15) is 11.4 Å². The third kappa shape index (κ3) is 2.67. The maximum absolute atomic E-state index is 12.5. The minimum atomic E-state index is -3.03. The number of nitrogen functional groups attached to an aromatic ring is 1. The highest BCUT2D eigenvalue weighted by Crippen LogP contribution is 2.33. The number of hydrogen-bond donors (Lipinski definition) is 1. The molecule has 7 nitrogen and oxygen atoms in total. The van der Waals surface area contributed by atoms with Crippen molar-refractivity contribution in [3.63, 3.8) is 0 Å². The number of carbonyl (C=O) groups excluding carboxylic acids is 1. The minimum absolute atomic E-state index is 0.172. The van der Waals surface area contributed by atoms with Crippen molar-refractivity contribution in [2.24, 2.45) is 0 Å². The van der Waals surface area contributed by atoms with Gasteiger partial charge in [0, 0.05) is 6.20 Å². The van der Waals surface area contributed by atoms with Crippen molar-refractivity contribution in [2.75, 3.05) is 12.8 Å². The summed E-state index contributed by atoms with van der Waals surface area (Å²) in [6.45, 7) is 0. The molecule has 0 radical (unpaired) electrons. The molecule has 0 bridgehead atoms. The van der Waals surface area contributed by atoms with Gasteiger partial charge >= 0.3 is 5.97 Å². The summed E-state index contributed by atoms with van der Waals surface area (Å²) in [4.78, 5) is 24.2. The number of halogens is 2. The quantitative estimate of drug-likeness (QED) is 0.496. The third-order valence-corrected chi connectivity index (χ3v) is 2.15. The van der Waals surface area contributed by atoms with Crippen LogP contribution in [0, 0.1) is 10.1 Å². The van der Waals surface area contributed by atoms with Crippen molar-refractivity contribution in [3.05, 3.63) is 27.6 Å². The van der Waals surface area contributed by atoms with E-state index in [1.165, 1.54) is 0 Å². The summed E-state index contributed by atoms with van der Waals surface area (Å²) in [5, 5.41) is 10.8. The van der Waals surface area contributed by atoms with E-state index in [2.05, 4.69) is 9.72 Å². The number of aromatic nitrogens is 1. The summed E-state index contributed by atoms with van der Waals surface area (Å²) >= 11 is 0. The Morgan fingerprint density at radius 2 is 2.28 bits per heavy atom. The number of ether oxygens (including phenoxy) is 1. The van der Waals surface area contributed by atoms with E-state index in [1.807, 2.05) is 0 Å². The van der Waals surface area contributed by atoms with Gasteiger partial charge in [-0.3, -0.25) is 19.9 Å². The van der Waals surface area contributed by atoms with Gasteiger partial charge in [-0.1, -0.05) is 0 Å². The topological polar surface area (TPSA) is 108 Å². The number of esters is 1. The molecule has 98 valence electrons. The van der Waals surface area contributed by atoms with E-state index in [9.17, 15) is 23.7 Å². The maximum atomic E-state index is 12.5. The SMILES string of the molecule is COC(=O)Cc1cnc(C(F)F)c(N)c1[N+](=O)[O-]. The van der Waals surface area contributed by atoms with Crippen LogP contribution in [0.2, 0.25) is 0 Å². The third-order valence-electron chi connectivity index (χ3n) is 2.15. The lowest BCUT2D eigenvalue weighted by molar-refractivity contribution is -0.384. The molecule has 1 rings (SSSR count). The Morgan fingerprint density at radius 1 is 1.67 bits per heavy atom. The summed E-state index contributed by atoms with van der Waals surface area (Å²) in [5.74, 6) is -0.760. The minimum Gasteiger partial charge on any atom is -0.469 e. The first-order valence-corrected chi connectivity index (χ1v) is 4.65. The lowest BCUT2D eigenvalue weighted by Crippen LogP contribution is -2.11. The van der Waals surface area contributed by atoms with Gasteiger partial charge in [0.2, 0.25) is 0 Å². The Balaban J connectivity index is 3.32. The van der Waals surface area contributed by atoms with E-state index < -0.39 is 40.8 Å². The van der Waals surface area contributed by atoms with Gasteiger partial charge in [0.25, 0.3) is 12.1 Å². The van der Waals surface area contributed by atoms with Crippen LogP contribution in [0.25, 0.3) is 0 Å². The average Bonchev–Trinajstić information content (AvgIpc) is 2.27. The molecule has 0 aliphatic carbocycles. The number of carbonyl (C=O) groups is 1. The van der Waals surface area contributed by atoms with Crippen LogP contribution in [0.15, 0.2) is 6.20 Å². The van der Waals surface area contributed by atoms with Crippen LogP contribution < -0.4 is 5.73 Å². The second-order valence-corrected chi connectivity index (χ2v) is 3.24. The van der Waals surface area contributed by atoms with Crippen molar-refractivity contribution in [2.45, 2.75) is 12.8 Å².